The topological polar surface area (TPSA) is 26.3 Å². The van der Waals surface area contributed by atoms with Crippen LogP contribution >= 0.6 is 0 Å². The van der Waals surface area contributed by atoms with Crippen LogP contribution in [0.4, 0.5) is 0 Å². The van der Waals surface area contributed by atoms with E-state index in [0.29, 0.717) is 17.7 Å². The molecule has 0 saturated heterocycles. The number of terminal acetylenes is 1. The molecule has 2 nitrogen and oxygen atoms in total. The van der Waals surface area contributed by atoms with Gasteiger partial charge in [-0.3, -0.25) is 0 Å². The molecule has 0 aliphatic rings. The first-order valence-electron chi connectivity index (χ1n) is 5.68. The van der Waals surface area contributed by atoms with Gasteiger partial charge in [0.05, 0.1) is 20.2 Å². The molecular weight excluding hydrogens is 228 g/mol. The Kier molecular flexibility index (Phi) is 4.14. The maximum atomic E-state index is 11.7. The van der Waals surface area contributed by atoms with Crippen LogP contribution in [-0.4, -0.2) is 20.7 Å². The molecule has 0 aliphatic carbocycles. The zero-order valence-electron chi connectivity index (χ0n) is 10.8. The summed E-state index contributed by atoms with van der Waals surface area (Å²) < 4.78 is 4.97. The Bertz CT molecular complexity index is 464. The number of carbonyl (C=O) groups is 1. The Hall–Kier alpha value is -1.53. The maximum Gasteiger partial charge on any atom is 0.339 e. The first kappa shape index (κ1) is 13.5. The zero-order valence-corrected chi connectivity index (χ0v) is 11.8. The minimum atomic E-state index is -1.40. The quantitative estimate of drug-likeness (QED) is 0.465. The van der Waals surface area contributed by atoms with Gasteiger partial charge in [-0.05, 0) is 19.1 Å². The fraction of sp³-hybridized carbons (Fsp3) is 0.357. The average molecular weight is 246 g/mol. The zero-order chi connectivity index (χ0) is 13.1. The molecule has 0 aliphatic heterocycles. The number of hydrogen-bond donors (Lipinski definition) is 0. The highest BCUT2D eigenvalue weighted by Crippen LogP contribution is 2.11. The van der Waals surface area contributed by atoms with Crippen molar-refractivity contribution < 1.29 is 9.53 Å². The monoisotopic (exact) mass is 246 g/mol. The molecule has 0 fully saturated rings. The van der Waals surface area contributed by atoms with Crippen LogP contribution in [0.2, 0.25) is 19.6 Å². The lowest BCUT2D eigenvalue weighted by Gasteiger charge is -2.17. The van der Waals surface area contributed by atoms with Crippen LogP contribution in [0.3, 0.4) is 0 Å². The molecule has 0 saturated carbocycles. The first-order chi connectivity index (χ1) is 7.90. The predicted octanol–water partition coefficient (Wildman–Crippen LogP) is 2.39. The smallest absolute Gasteiger partial charge is 0.339 e. The van der Waals surface area contributed by atoms with Crippen molar-refractivity contribution in [2.75, 3.05) is 6.61 Å². The van der Waals surface area contributed by atoms with Crippen molar-refractivity contribution in [2.45, 2.75) is 26.6 Å². The first-order valence-corrected chi connectivity index (χ1v) is 9.18. The molecule has 1 aromatic carbocycles. The van der Waals surface area contributed by atoms with E-state index in [4.69, 9.17) is 11.2 Å². The third kappa shape index (κ3) is 3.21. The predicted molar refractivity (Wildman–Crippen MR) is 73.3 cm³/mol. The number of hydrogen-bond acceptors (Lipinski definition) is 2. The van der Waals surface area contributed by atoms with Crippen molar-refractivity contribution in [3.8, 4) is 12.3 Å². The fourth-order valence-corrected chi connectivity index (χ4v) is 2.68. The molecule has 0 spiro atoms. The highest BCUT2D eigenvalue weighted by atomic mass is 28.3. The second-order valence-corrected chi connectivity index (χ2v) is 9.95. The van der Waals surface area contributed by atoms with Crippen molar-refractivity contribution in [3.05, 3.63) is 29.3 Å². The number of esters is 1. The standard InChI is InChI=1S/C14H18O2Si/c1-6-11-10-12(17(3,4)5)8-9-13(11)14(15)16-7-2/h1,8-10H,7H2,2-5H3. The molecule has 0 aromatic heterocycles. The van der Waals surface area contributed by atoms with Crippen LogP contribution in [0.25, 0.3) is 0 Å². The highest BCUT2D eigenvalue weighted by Gasteiger charge is 2.19. The second kappa shape index (κ2) is 5.20. The molecule has 0 unspecified atom stereocenters. The molecule has 0 bridgehead atoms. The summed E-state index contributed by atoms with van der Waals surface area (Å²) in [6.45, 7) is 8.87. The fourth-order valence-electron chi connectivity index (χ4n) is 1.52. The number of carbonyl (C=O) groups excluding carboxylic acids is 1. The number of rotatable bonds is 3. The van der Waals surface area contributed by atoms with Gasteiger partial charge in [0, 0.05) is 5.56 Å². The van der Waals surface area contributed by atoms with Crippen LogP contribution in [0.15, 0.2) is 18.2 Å². The Labute approximate surface area is 104 Å². The van der Waals surface area contributed by atoms with Gasteiger partial charge in [-0.1, -0.05) is 36.8 Å². The summed E-state index contributed by atoms with van der Waals surface area (Å²) in [4.78, 5) is 11.7. The van der Waals surface area contributed by atoms with E-state index in [9.17, 15) is 4.79 Å². The minimum Gasteiger partial charge on any atom is -0.462 e. The number of ether oxygens (including phenoxy) is 1. The Morgan fingerprint density at radius 3 is 2.53 bits per heavy atom. The third-order valence-corrected chi connectivity index (χ3v) is 4.58. The third-order valence-electron chi connectivity index (χ3n) is 2.54. The SMILES string of the molecule is C#Cc1cc([Si](C)(C)C)ccc1C(=O)OCC. The molecule has 1 aromatic rings. The summed E-state index contributed by atoms with van der Waals surface area (Å²) in [5.41, 5.74) is 1.11. The molecule has 0 N–H and O–H groups in total. The Morgan fingerprint density at radius 1 is 1.41 bits per heavy atom. The summed E-state index contributed by atoms with van der Waals surface area (Å²) in [6, 6.07) is 5.71. The maximum absolute atomic E-state index is 11.7. The van der Waals surface area contributed by atoms with Gasteiger partial charge < -0.3 is 4.74 Å². The summed E-state index contributed by atoms with van der Waals surface area (Å²) in [5.74, 6) is 2.22. The van der Waals surface area contributed by atoms with E-state index >= 15 is 0 Å². The van der Waals surface area contributed by atoms with Gasteiger partial charge >= 0.3 is 5.97 Å². The van der Waals surface area contributed by atoms with E-state index in [1.54, 1.807) is 13.0 Å². The summed E-state index contributed by atoms with van der Waals surface area (Å²) in [7, 11) is -1.40. The van der Waals surface area contributed by atoms with E-state index < -0.39 is 8.07 Å². The van der Waals surface area contributed by atoms with Gasteiger partial charge in [-0.15, -0.1) is 6.42 Å². The van der Waals surface area contributed by atoms with E-state index in [1.807, 2.05) is 12.1 Å². The van der Waals surface area contributed by atoms with Crippen LogP contribution in [0, 0.1) is 12.3 Å². The molecule has 0 atom stereocenters. The molecular formula is C14H18O2Si. The van der Waals surface area contributed by atoms with Crippen LogP contribution < -0.4 is 5.19 Å². The van der Waals surface area contributed by atoms with Gasteiger partial charge in [0.25, 0.3) is 0 Å². The summed E-state index contributed by atoms with van der Waals surface area (Å²) in [5, 5.41) is 1.25. The van der Waals surface area contributed by atoms with E-state index in [-0.39, 0.29) is 5.97 Å². The van der Waals surface area contributed by atoms with Crippen molar-refractivity contribution in [1.29, 1.82) is 0 Å². The molecule has 0 amide bonds. The molecule has 3 heteroatoms. The lowest BCUT2D eigenvalue weighted by molar-refractivity contribution is 0.0526. The average Bonchev–Trinajstić information content (AvgIpc) is 2.27. The van der Waals surface area contributed by atoms with E-state index in [2.05, 4.69) is 25.6 Å². The molecule has 90 valence electrons. The normalized spacial score (nSPS) is 10.8. The van der Waals surface area contributed by atoms with Crippen molar-refractivity contribution in [2.24, 2.45) is 0 Å². The minimum absolute atomic E-state index is 0.345. The molecule has 1 rings (SSSR count). The summed E-state index contributed by atoms with van der Waals surface area (Å²) >= 11 is 0. The van der Waals surface area contributed by atoms with Gasteiger partial charge in [0.2, 0.25) is 0 Å². The van der Waals surface area contributed by atoms with E-state index in [0.717, 1.165) is 0 Å². The largest absolute Gasteiger partial charge is 0.462 e. The van der Waals surface area contributed by atoms with Crippen LogP contribution in [-0.2, 0) is 4.74 Å². The van der Waals surface area contributed by atoms with Crippen molar-refractivity contribution in [1.82, 2.24) is 0 Å². The van der Waals surface area contributed by atoms with E-state index in [1.165, 1.54) is 5.19 Å². The van der Waals surface area contributed by atoms with Gasteiger partial charge in [-0.25, -0.2) is 4.79 Å². The van der Waals surface area contributed by atoms with Crippen LogP contribution in [0.5, 0.6) is 0 Å². The van der Waals surface area contributed by atoms with Crippen LogP contribution in [0.1, 0.15) is 22.8 Å². The lowest BCUT2D eigenvalue weighted by Crippen LogP contribution is -2.37. The van der Waals surface area contributed by atoms with Gasteiger partial charge in [-0.2, -0.15) is 0 Å². The van der Waals surface area contributed by atoms with Crippen molar-refractivity contribution >= 4 is 19.2 Å². The molecule has 17 heavy (non-hydrogen) atoms. The molecule has 0 radical (unpaired) electrons. The van der Waals surface area contributed by atoms with Gasteiger partial charge in [0.1, 0.15) is 0 Å². The lowest BCUT2D eigenvalue weighted by atomic mass is 10.1. The Balaban J connectivity index is 3.20. The molecule has 0 heterocycles. The highest BCUT2D eigenvalue weighted by molar-refractivity contribution is 6.88. The second-order valence-electron chi connectivity index (χ2n) is 4.88. The van der Waals surface area contributed by atoms with Gasteiger partial charge in [0.15, 0.2) is 0 Å². The van der Waals surface area contributed by atoms with Crippen molar-refractivity contribution in [3.63, 3.8) is 0 Å². The number of benzene rings is 1. The Morgan fingerprint density at radius 2 is 2.06 bits per heavy atom. The summed E-state index contributed by atoms with van der Waals surface area (Å²) in [6.07, 6.45) is 5.45.